The number of benzene rings is 4. The van der Waals surface area contributed by atoms with Crippen LogP contribution < -0.4 is 4.90 Å². The molecule has 6 nitrogen and oxygen atoms in total. The molecule has 5 rings (SSSR count). The van der Waals surface area contributed by atoms with Crippen molar-refractivity contribution in [1.29, 1.82) is 0 Å². The highest BCUT2D eigenvalue weighted by Crippen LogP contribution is 2.38. The van der Waals surface area contributed by atoms with Gasteiger partial charge in [0, 0.05) is 5.56 Å². The molecule has 0 saturated carbocycles. The van der Waals surface area contributed by atoms with E-state index in [0.29, 0.717) is 16.5 Å². The van der Waals surface area contributed by atoms with E-state index in [1.165, 1.54) is 12.1 Å². The number of amides is 2. The number of anilines is 1. The lowest BCUT2D eigenvalue weighted by Gasteiger charge is -2.17. The van der Waals surface area contributed by atoms with Gasteiger partial charge in [0.05, 0.1) is 33.0 Å². The summed E-state index contributed by atoms with van der Waals surface area (Å²) in [6, 6.07) is 22.1. The Bertz CT molecular complexity index is 1670. The third-order valence-electron chi connectivity index (χ3n) is 6.28. The maximum Gasteiger partial charge on any atom is 0.416 e. The number of carbonyl (C=O) groups is 4. The number of hydrogen-bond donors (Lipinski definition) is 0. The Morgan fingerprint density at radius 3 is 2.05 bits per heavy atom. The van der Waals surface area contributed by atoms with Crippen LogP contribution in [0.4, 0.5) is 18.9 Å². The average Bonchev–Trinajstić information content (AvgIpc) is 3.20. The van der Waals surface area contributed by atoms with Crippen LogP contribution in [0.5, 0.6) is 0 Å². The van der Waals surface area contributed by atoms with Crippen LogP contribution in [-0.2, 0) is 10.9 Å². The van der Waals surface area contributed by atoms with Gasteiger partial charge < -0.3 is 4.74 Å². The summed E-state index contributed by atoms with van der Waals surface area (Å²) in [5.74, 6) is -3.22. The molecule has 0 N–H and O–H groups in total. The van der Waals surface area contributed by atoms with Crippen LogP contribution in [0.1, 0.15) is 47.0 Å². The highest BCUT2D eigenvalue weighted by atomic mass is 35.5. The summed E-state index contributed by atoms with van der Waals surface area (Å²) in [7, 11) is 0. The van der Waals surface area contributed by atoms with E-state index in [0.717, 1.165) is 29.3 Å². The molecule has 0 radical (unpaired) electrons. The predicted molar refractivity (Wildman–Crippen MR) is 141 cm³/mol. The Labute approximate surface area is 230 Å². The van der Waals surface area contributed by atoms with Crippen LogP contribution in [0, 0.1) is 0 Å². The summed E-state index contributed by atoms with van der Waals surface area (Å²) in [6.07, 6.45) is -4.73. The number of esters is 1. The van der Waals surface area contributed by atoms with Crippen molar-refractivity contribution in [1.82, 2.24) is 0 Å². The maximum absolute atomic E-state index is 13.2. The van der Waals surface area contributed by atoms with Gasteiger partial charge in [-0.3, -0.25) is 14.4 Å². The topological polar surface area (TPSA) is 80.8 Å². The Morgan fingerprint density at radius 2 is 1.38 bits per heavy atom. The number of imide groups is 1. The second-order valence-electron chi connectivity index (χ2n) is 8.81. The second kappa shape index (κ2) is 10.4. The molecule has 40 heavy (non-hydrogen) atoms. The third-order valence-corrected chi connectivity index (χ3v) is 6.60. The quantitative estimate of drug-likeness (QED) is 0.145. The molecule has 4 aromatic rings. The first-order chi connectivity index (χ1) is 19.0. The van der Waals surface area contributed by atoms with Gasteiger partial charge in [-0.15, -0.1) is 0 Å². The number of Topliss-reactive ketones (excluding diaryl/α,β-unsaturated/α-hetero) is 1. The molecule has 2 amide bonds. The first-order valence-electron chi connectivity index (χ1n) is 11.8. The molecule has 0 aromatic heterocycles. The van der Waals surface area contributed by atoms with E-state index in [-0.39, 0.29) is 21.7 Å². The molecular formula is C30H17ClF3NO5. The van der Waals surface area contributed by atoms with Crippen molar-refractivity contribution in [2.45, 2.75) is 6.18 Å². The predicted octanol–water partition coefficient (Wildman–Crippen LogP) is 6.87. The maximum atomic E-state index is 13.2. The lowest BCUT2D eigenvalue weighted by molar-refractivity contribution is -0.137. The zero-order valence-corrected chi connectivity index (χ0v) is 21.1. The van der Waals surface area contributed by atoms with Crippen LogP contribution in [0.15, 0.2) is 91.0 Å². The SMILES string of the molecule is O=C(COC(=O)c1ccc2c(c1)C(=O)N(c1cc(C(F)(F)F)ccc1Cl)C2=O)c1ccc(-c2ccccc2)cc1. The number of ketones is 1. The lowest BCUT2D eigenvalue weighted by atomic mass is 10.0. The Hall–Kier alpha value is -4.76. The van der Waals surface area contributed by atoms with E-state index < -0.39 is 47.6 Å². The summed E-state index contributed by atoms with van der Waals surface area (Å²) in [5.41, 5.74) is 0.238. The first kappa shape index (κ1) is 26.8. The molecule has 0 unspecified atom stereocenters. The monoisotopic (exact) mass is 563 g/mol. The smallest absolute Gasteiger partial charge is 0.416 e. The lowest BCUT2D eigenvalue weighted by Crippen LogP contribution is -2.30. The fourth-order valence-corrected chi connectivity index (χ4v) is 4.43. The second-order valence-corrected chi connectivity index (χ2v) is 9.22. The minimum atomic E-state index is -4.73. The highest BCUT2D eigenvalue weighted by molar-refractivity contribution is 6.40. The zero-order valence-electron chi connectivity index (χ0n) is 20.4. The summed E-state index contributed by atoms with van der Waals surface area (Å²) in [5, 5.41) is -0.238. The van der Waals surface area contributed by atoms with Crippen molar-refractivity contribution in [3.63, 3.8) is 0 Å². The van der Waals surface area contributed by atoms with Crippen LogP contribution in [0.2, 0.25) is 5.02 Å². The van der Waals surface area contributed by atoms with Crippen LogP contribution >= 0.6 is 11.6 Å². The van der Waals surface area contributed by atoms with Crippen molar-refractivity contribution in [2.24, 2.45) is 0 Å². The Kier molecular flexibility index (Phi) is 6.99. The van der Waals surface area contributed by atoms with E-state index in [1.807, 2.05) is 30.3 Å². The number of rotatable bonds is 6. The normalized spacial score (nSPS) is 12.8. The molecule has 0 saturated heterocycles. The van der Waals surface area contributed by atoms with Crippen molar-refractivity contribution < 1.29 is 37.1 Å². The van der Waals surface area contributed by atoms with Gasteiger partial charge in [0.2, 0.25) is 0 Å². The third kappa shape index (κ3) is 5.11. The summed E-state index contributed by atoms with van der Waals surface area (Å²) in [6.45, 7) is -0.570. The van der Waals surface area contributed by atoms with Crippen LogP contribution in [0.25, 0.3) is 11.1 Å². The van der Waals surface area contributed by atoms with E-state index in [4.69, 9.17) is 16.3 Å². The number of alkyl halides is 3. The molecule has 200 valence electrons. The molecule has 4 aromatic carbocycles. The molecule has 0 aliphatic carbocycles. The van der Waals surface area contributed by atoms with E-state index in [2.05, 4.69) is 0 Å². The number of ether oxygens (including phenoxy) is 1. The van der Waals surface area contributed by atoms with Gasteiger partial charge in [0.1, 0.15) is 0 Å². The number of hydrogen-bond acceptors (Lipinski definition) is 5. The molecular weight excluding hydrogens is 547 g/mol. The van der Waals surface area contributed by atoms with Gasteiger partial charge in [-0.05, 0) is 47.5 Å². The average molecular weight is 564 g/mol. The van der Waals surface area contributed by atoms with E-state index >= 15 is 0 Å². The molecule has 10 heteroatoms. The van der Waals surface area contributed by atoms with Crippen molar-refractivity contribution in [2.75, 3.05) is 11.5 Å². The van der Waals surface area contributed by atoms with Crippen molar-refractivity contribution in [3.05, 3.63) is 124 Å². The fraction of sp³-hybridized carbons (Fsp3) is 0.0667. The standard InChI is InChI=1S/C30H17ClF3NO5/c31-24-13-11-21(30(32,33)34)15-25(24)35-27(37)22-12-10-20(14-23(22)28(35)38)29(39)40-16-26(36)19-8-6-18(7-9-19)17-4-2-1-3-5-17/h1-15H,16H2. The number of halogens is 4. The molecule has 1 aliphatic rings. The molecule has 0 fully saturated rings. The molecule has 0 spiro atoms. The van der Waals surface area contributed by atoms with E-state index in [1.54, 1.807) is 24.3 Å². The number of nitrogens with zero attached hydrogens (tertiary/aromatic N) is 1. The summed E-state index contributed by atoms with van der Waals surface area (Å²) >= 11 is 6.02. The minimum Gasteiger partial charge on any atom is -0.454 e. The van der Waals surface area contributed by atoms with Gasteiger partial charge in [-0.2, -0.15) is 13.2 Å². The van der Waals surface area contributed by atoms with Gasteiger partial charge >= 0.3 is 12.1 Å². The largest absolute Gasteiger partial charge is 0.454 e. The Balaban J connectivity index is 1.30. The fourth-order valence-electron chi connectivity index (χ4n) is 4.22. The Morgan fingerprint density at radius 1 is 0.750 bits per heavy atom. The van der Waals surface area contributed by atoms with Gasteiger partial charge in [0.15, 0.2) is 12.4 Å². The van der Waals surface area contributed by atoms with Crippen LogP contribution in [-0.4, -0.2) is 30.2 Å². The highest BCUT2D eigenvalue weighted by Gasteiger charge is 2.40. The summed E-state index contributed by atoms with van der Waals surface area (Å²) < 4.78 is 44.7. The van der Waals surface area contributed by atoms with Gasteiger partial charge in [0.25, 0.3) is 11.8 Å². The molecule has 0 atom stereocenters. The van der Waals surface area contributed by atoms with Crippen molar-refractivity contribution >= 4 is 40.9 Å². The number of carbonyl (C=O) groups excluding carboxylic acids is 4. The van der Waals surface area contributed by atoms with Gasteiger partial charge in [-0.25, -0.2) is 9.69 Å². The minimum absolute atomic E-state index is 0.121. The van der Waals surface area contributed by atoms with E-state index in [9.17, 15) is 32.3 Å². The molecule has 1 heterocycles. The van der Waals surface area contributed by atoms with Crippen molar-refractivity contribution in [3.8, 4) is 11.1 Å². The molecule has 1 aliphatic heterocycles. The summed E-state index contributed by atoms with van der Waals surface area (Å²) in [4.78, 5) is 51.7. The molecule has 0 bridgehead atoms. The number of fused-ring (bicyclic) bond motifs is 1. The van der Waals surface area contributed by atoms with Gasteiger partial charge in [-0.1, -0.05) is 66.2 Å². The zero-order chi connectivity index (χ0) is 28.6. The first-order valence-corrected chi connectivity index (χ1v) is 12.2. The van der Waals surface area contributed by atoms with Crippen LogP contribution in [0.3, 0.4) is 0 Å².